The van der Waals surface area contributed by atoms with Crippen molar-refractivity contribution < 1.29 is 14.0 Å². The summed E-state index contributed by atoms with van der Waals surface area (Å²) in [6, 6.07) is 12.0. The second-order valence-corrected chi connectivity index (χ2v) is 10.5. The molecule has 170 valence electrons. The fraction of sp³-hybridized carbons (Fsp3) is 0.440. The Morgan fingerprint density at radius 3 is 2.66 bits per heavy atom. The number of thioether (sulfide) groups is 1. The maximum atomic E-state index is 13.6. The highest BCUT2D eigenvalue weighted by atomic mass is 35.5. The van der Waals surface area contributed by atoms with E-state index in [0.717, 1.165) is 36.3 Å². The highest BCUT2D eigenvalue weighted by Crippen LogP contribution is 2.42. The van der Waals surface area contributed by atoms with Crippen LogP contribution in [0.15, 0.2) is 47.4 Å². The minimum Gasteiger partial charge on any atom is -0.353 e. The van der Waals surface area contributed by atoms with E-state index in [2.05, 4.69) is 12.2 Å². The normalized spacial score (nSPS) is 24.1. The van der Waals surface area contributed by atoms with Crippen molar-refractivity contribution in [2.45, 2.75) is 62.3 Å². The molecular formula is C25H28ClFN2O2S. The van der Waals surface area contributed by atoms with E-state index >= 15 is 0 Å². The van der Waals surface area contributed by atoms with E-state index in [9.17, 15) is 14.0 Å². The summed E-state index contributed by atoms with van der Waals surface area (Å²) in [4.78, 5) is 29.2. The van der Waals surface area contributed by atoms with E-state index in [1.54, 1.807) is 11.0 Å². The van der Waals surface area contributed by atoms with Gasteiger partial charge in [0.1, 0.15) is 11.1 Å². The Kier molecular flexibility index (Phi) is 7.11. The molecule has 4 nitrogen and oxygen atoms in total. The highest BCUT2D eigenvalue weighted by Gasteiger charge is 2.40. The molecule has 1 heterocycles. The maximum Gasteiger partial charge on any atom is 0.241 e. The van der Waals surface area contributed by atoms with Crippen LogP contribution < -0.4 is 10.2 Å². The number of benzene rings is 2. The predicted octanol–water partition coefficient (Wildman–Crippen LogP) is 5.82. The standard InChI is InChI=1S/C25H28ClFN2O2S/c1-15-7-11-19(12-8-15)28-24(30)16(2)23-25(31)29(21-5-3-4-6-22(21)32-23)14-17-9-10-18(27)13-20(17)26/h3-6,9-10,13,15-16,19,23H,7-8,11-12,14H2,1-2H3,(H,28,30)/t15?,16-,19?,23-/m1/s1. The molecule has 0 aromatic heterocycles. The Balaban J connectivity index is 1.54. The lowest BCUT2D eigenvalue weighted by atomic mass is 9.87. The van der Waals surface area contributed by atoms with Crippen LogP contribution in [0.5, 0.6) is 0 Å². The Labute approximate surface area is 197 Å². The Hall–Kier alpha value is -2.05. The smallest absolute Gasteiger partial charge is 0.241 e. The van der Waals surface area contributed by atoms with Crippen molar-refractivity contribution in [2.75, 3.05) is 4.90 Å². The number of hydrogen-bond acceptors (Lipinski definition) is 3. The summed E-state index contributed by atoms with van der Waals surface area (Å²) in [5.74, 6) is -0.394. The van der Waals surface area contributed by atoms with Crippen molar-refractivity contribution in [3.8, 4) is 0 Å². The molecule has 1 fully saturated rings. The number of anilines is 1. The van der Waals surface area contributed by atoms with Crippen molar-refractivity contribution in [3.63, 3.8) is 0 Å². The zero-order valence-electron chi connectivity index (χ0n) is 18.3. The third kappa shape index (κ3) is 4.96. The molecule has 0 radical (unpaired) electrons. The molecule has 1 aliphatic carbocycles. The van der Waals surface area contributed by atoms with Gasteiger partial charge in [0.15, 0.2) is 0 Å². The summed E-state index contributed by atoms with van der Waals surface area (Å²) in [6.45, 7) is 4.30. The number of halogens is 2. The number of hydrogen-bond donors (Lipinski definition) is 1. The SMILES string of the molecule is CC1CCC(NC(=O)[C@H](C)[C@H]2Sc3ccccc3N(Cc3ccc(F)cc3Cl)C2=O)CC1. The zero-order chi connectivity index (χ0) is 22.8. The molecule has 2 aromatic rings. The summed E-state index contributed by atoms with van der Waals surface area (Å²) >= 11 is 7.68. The topological polar surface area (TPSA) is 49.4 Å². The van der Waals surface area contributed by atoms with Crippen LogP contribution >= 0.6 is 23.4 Å². The second-order valence-electron chi connectivity index (χ2n) is 8.92. The van der Waals surface area contributed by atoms with Gasteiger partial charge < -0.3 is 10.2 Å². The summed E-state index contributed by atoms with van der Waals surface area (Å²) in [7, 11) is 0. The molecule has 2 atom stereocenters. The molecule has 2 aromatic carbocycles. The molecule has 1 saturated carbocycles. The van der Waals surface area contributed by atoms with Crippen LogP contribution in [0.1, 0.15) is 45.1 Å². The molecule has 2 amide bonds. The second kappa shape index (κ2) is 9.84. The highest BCUT2D eigenvalue weighted by molar-refractivity contribution is 8.01. The molecule has 1 aliphatic heterocycles. The molecule has 0 unspecified atom stereocenters. The molecule has 0 spiro atoms. The van der Waals surface area contributed by atoms with Gasteiger partial charge >= 0.3 is 0 Å². The number of carbonyl (C=O) groups excluding carboxylic acids is 2. The lowest BCUT2D eigenvalue weighted by Gasteiger charge is -2.36. The number of carbonyl (C=O) groups is 2. The third-order valence-corrected chi connectivity index (χ3v) is 8.31. The molecular weight excluding hydrogens is 447 g/mol. The van der Waals surface area contributed by atoms with Gasteiger partial charge in [0, 0.05) is 16.0 Å². The van der Waals surface area contributed by atoms with Gasteiger partial charge in [-0.25, -0.2) is 4.39 Å². The number of para-hydroxylation sites is 1. The molecule has 4 rings (SSSR count). The molecule has 0 bridgehead atoms. The summed E-state index contributed by atoms with van der Waals surface area (Å²) in [5, 5.41) is 2.92. The van der Waals surface area contributed by atoms with Gasteiger partial charge in [-0.1, -0.05) is 43.6 Å². The average molecular weight is 475 g/mol. The van der Waals surface area contributed by atoms with Gasteiger partial charge in [-0.3, -0.25) is 9.59 Å². The van der Waals surface area contributed by atoms with Crippen molar-refractivity contribution in [3.05, 3.63) is 58.9 Å². The van der Waals surface area contributed by atoms with E-state index in [4.69, 9.17) is 11.6 Å². The Morgan fingerprint density at radius 1 is 1.22 bits per heavy atom. The number of nitrogens with one attached hydrogen (secondary N) is 1. The minimum absolute atomic E-state index is 0.0745. The number of amides is 2. The van der Waals surface area contributed by atoms with Crippen LogP contribution in [-0.4, -0.2) is 23.1 Å². The Morgan fingerprint density at radius 2 is 1.94 bits per heavy atom. The van der Waals surface area contributed by atoms with E-state index in [-0.39, 0.29) is 29.4 Å². The third-order valence-electron chi connectivity index (χ3n) is 6.49. The van der Waals surface area contributed by atoms with Gasteiger partial charge in [-0.2, -0.15) is 0 Å². The van der Waals surface area contributed by atoms with Crippen molar-refractivity contribution in [1.29, 1.82) is 0 Å². The monoisotopic (exact) mass is 474 g/mol. The van der Waals surface area contributed by atoms with Crippen molar-refractivity contribution in [2.24, 2.45) is 11.8 Å². The van der Waals surface area contributed by atoms with Gasteiger partial charge in [-0.15, -0.1) is 11.8 Å². The van der Waals surface area contributed by atoms with E-state index < -0.39 is 17.0 Å². The number of fused-ring (bicyclic) bond motifs is 1. The lowest BCUT2D eigenvalue weighted by Crippen LogP contribution is -2.49. The first-order valence-electron chi connectivity index (χ1n) is 11.1. The van der Waals surface area contributed by atoms with Crippen LogP contribution in [0.25, 0.3) is 0 Å². The van der Waals surface area contributed by atoms with E-state index in [1.807, 2.05) is 31.2 Å². The molecule has 2 aliphatic rings. The molecule has 7 heteroatoms. The van der Waals surface area contributed by atoms with Gasteiger partial charge in [0.25, 0.3) is 0 Å². The predicted molar refractivity (Wildman–Crippen MR) is 127 cm³/mol. The molecule has 0 saturated heterocycles. The van der Waals surface area contributed by atoms with Crippen LogP contribution in [0.4, 0.5) is 10.1 Å². The maximum absolute atomic E-state index is 13.6. The first-order valence-corrected chi connectivity index (χ1v) is 12.4. The summed E-state index contributed by atoms with van der Waals surface area (Å²) < 4.78 is 13.5. The van der Waals surface area contributed by atoms with Gasteiger partial charge in [0.05, 0.1) is 18.2 Å². The number of rotatable bonds is 5. The lowest BCUT2D eigenvalue weighted by molar-refractivity contribution is -0.129. The van der Waals surface area contributed by atoms with Crippen molar-refractivity contribution >= 4 is 40.9 Å². The first kappa shape index (κ1) is 23.1. The average Bonchev–Trinajstić information content (AvgIpc) is 2.78. The van der Waals surface area contributed by atoms with Crippen LogP contribution in [0.2, 0.25) is 5.02 Å². The van der Waals surface area contributed by atoms with Crippen LogP contribution in [0, 0.1) is 17.7 Å². The van der Waals surface area contributed by atoms with Crippen molar-refractivity contribution in [1.82, 2.24) is 5.32 Å². The van der Waals surface area contributed by atoms with E-state index in [1.165, 1.54) is 23.9 Å². The fourth-order valence-corrected chi connectivity index (χ4v) is 5.93. The number of nitrogens with zero attached hydrogens (tertiary/aromatic N) is 1. The first-order chi connectivity index (χ1) is 15.3. The molecule has 32 heavy (non-hydrogen) atoms. The summed E-state index contributed by atoms with van der Waals surface area (Å²) in [6.07, 6.45) is 4.22. The van der Waals surface area contributed by atoms with Gasteiger partial charge in [0.2, 0.25) is 11.8 Å². The fourth-order valence-electron chi connectivity index (χ4n) is 4.41. The largest absolute Gasteiger partial charge is 0.353 e. The molecule has 1 N–H and O–H groups in total. The van der Waals surface area contributed by atoms with Gasteiger partial charge in [-0.05, 0) is 61.4 Å². The van der Waals surface area contributed by atoms with E-state index in [0.29, 0.717) is 11.5 Å². The quantitative estimate of drug-likeness (QED) is 0.594. The minimum atomic E-state index is -0.536. The van der Waals surface area contributed by atoms with Crippen LogP contribution in [0.3, 0.4) is 0 Å². The zero-order valence-corrected chi connectivity index (χ0v) is 19.9. The Bertz CT molecular complexity index is 1010. The summed E-state index contributed by atoms with van der Waals surface area (Å²) in [5.41, 5.74) is 1.45. The van der Waals surface area contributed by atoms with Crippen LogP contribution in [-0.2, 0) is 16.1 Å².